The van der Waals surface area contributed by atoms with Crippen LogP contribution >= 0.6 is 0 Å². The standard InChI is InChI=1S/C23H30N2O.H2/c1-16(26)24-22-14-23(21-5-3-2-4-20(21)22)8-10-25(11-9-23)15-19-13-17-6-7-18(19)12-17;/h2-7,17-19,22H,8-15H2,1H3,(H,24,26);1H. The molecule has 140 valence electrons. The largest absolute Gasteiger partial charge is 0.349 e. The minimum atomic E-state index is 0. The average Bonchev–Trinajstić information content (AvgIpc) is 3.32. The average molecular weight is 353 g/mol. The summed E-state index contributed by atoms with van der Waals surface area (Å²) in [5.74, 6) is 2.71. The molecule has 3 aliphatic carbocycles. The third kappa shape index (κ3) is 2.72. The minimum absolute atomic E-state index is 0. The van der Waals surface area contributed by atoms with Crippen molar-refractivity contribution in [1.82, 2.24) is 10.2 Å². The number of amides is 1. The fourth-order valence-electron chi connectivity index (χ4n) is 6.34. The van der Waals surface area contributed by atoms with Gasteiger partial charge >= 0.3 is 0 Å². The molecule has 4 unspecified atom stereocenters. The highest BCUT2D eigenvalue weighted by Gasteiger charge is 2.46. The summed E-state index contributed by atoms with van der Waals surface area (Å²) in [4.78, 5) is 14.4. The summed E-state index contributed by atoms with van der Waals surface area (Å²) >= 11 is 0. The minimum Gasteiger partial charge on any atom is -0.349 e. The second-order valence-corrected chi connectivity index (χ2v) is 9.17. The lowest BCUT2D eigenvalue weighted by Crippen LogP contribution is -2.44. The van der Waals surface area contributed by atoms with Gasteiger partial charge in [-0.3, -0.25) is 4.79 Å². The molecule has 1 amide bonds. The van der Waals surface area contributed by atoms with Gasteiger partial charge in [-0.05, 0) is 74.1 Å². The second-order valence-electron chi connectivity index (χ2n) is 9.17. The Morgan fingerprint density at radius 1 is 1.23 bits per heavy atom. The Balaban J connectivity index is 0.00000180. The van der Waals surface area contributed by atoms with E-state index in [1.54, 1.807) is 6.92 Å². The van der Waals surface area contributed by atoms with Crippen molar-refractivity contribution >= 4 is 5.91 Å². The molecule has 3 nitrogen and oxygen atoms in total. The molecular weight excluding hydrogens is 320 g/mol. The smallest absolute Gasteiger partial charge is 0.217 e. The molecule has 5 rings (SSSR count). The summed E-state index contributed by atoms with van der Waals surface area (Å²) in [6.45, 7) is 5.34. The molecule has 2 fully saturated rings. The van der Waals surface area contributed by atoms with Gasteiger partial charge in [0.2, 0.25) is 5.91 Å². The lowest BCUT2D eigenvalue weighted by atomic mass is 9.73. The Morgan fingerprint density at radius 3 is 2.73 bits per heavy atom. The summed E-state index contributed by atoms with van der Waals surface area (Å²) in [5.41, 5.74) is 3.13. The zero-order valence-corrected chi connectivity index (χ0v) is 15.8. The first kappa shape index (κ1) is 16.6. The maximum Gasteiger partial charge on any atom is 0.217 e. The van der Waals surface area contributed by atoms with Crippen LogP contribution in [0.3, 0.4) is 0 Å². The third-order valence-electron chi connectivity index (χ3n) is 7.60. The lowest BCUT2D eigenvalue weighted by molar-refractivity contribution is -0.119. The Morgan fingerprint density at radius 2 is 2.04 bits per heavy atom. The van der Waals surface area contributed by atoms with Crippen LogP contribution in [0.4, 0.5) is 0 Å². The van der Waals surface area contributed by atoms with E-state index in [2.05, 4.69) is 46.6 Å². The maximum absolute atomic E-state index is 11.7. The molecule has 1 aromatic rings. The summed E-state index contributed by atoms with van der Waals surface area (Å²) in [5, 5.41) is 3.20. The zero-order valence-electron chi connectivity index (χ0n) is 15.8. The number of rotatable bonds is 3. The van der Waals surface area contributed by atoms with Crippen molar-refractivity contribution in [3.05, 3.63) is 47.5 Å². The van der Waals surface area contributed by atoms with E-state index in [9.17, 15) is 4.79 Å². The van der Waals surface area contributed by atoms with Crippen molar-refractivity contribution < 1.29 is 6.22 Å². The van der Waals surface area contributed by atoms with Gasteiger partial charge in [0.1, 0.15) is 0 Å². The molecule has 3 heteroatoms. The van der Waals surface area contributed by atoms with Crippen molar-refractivity contribution in [2.45, 2.75) is 50.5 Å². The van der Waals surface area contributed by atoms with Gasteiger partial charge in [0, 0.05) is 20.3 Å². The summed E-state index contributed by atoms with van der Waals surface area (Å²) in [6, 6.07) is 9.02. The summed E-state index contributed by atoms with van der Waals surface area (Å²) in [7, 11) is 0. The SMILES string of the molecule is CC(=O)NC1CC2(CCN(CC3CC4C=CC3C4)CC2)c2ccccc21.[HH]. The number of carbonyl (C=O) groups excluding carboxylic acids is 1. The number of nitrogens with zero attached hydrogens (tertiary/aromatic N) is 1. The molecule has 1 spiro atoms. The first-order valence-corrected chi connectivity index (χ1v) is 10.4. The Hall–Kier alpha value is -1.61. The van der Waals surface area contributed by atoms with Gasteiger partial charge in [-0.25, -0.2) is 0 Å². The van der Waals surface area contributed by atoms with E-state index in [1.807, 2.05) is 0 Å². The third-order valence-corrected chi connectivity index (χ3v) is 7.60. The van der Waals surface area contributed by atoms with Crippen LogP contribution in [0.5, 0.6) is 0 Å². The highest BCUT2D eigenvalue weighted by molar-refractivity contribution is 5.73. The monoisotopic (exact) mass is 352 g/mol. The van der Waals surface area contributed by atoms with E-state index in [4.69, 9.17) is 0 Å². The lowest BCUT2D eigenvalue weighted by Gasteiger charge is -2.41. The van der Waals surface area contributed by atoms with E-state index < -0.39 is 0 Å². The zero-order chi connectivity index (χ0) is 17.7. The predicted octanol–water partition coefficient (Wildman–Crippen LogP) is 4.06. The quantitative estimate of drug-likeness (QED) is 0.832. The summed E-state index contributed by atoms with van der Waals surface area (Å²) < 4.78 is 0. The van der Waals surface area contributed by atoms with Gasteiger partial charge in [0.25, 0.3) is 0 Å². The van der Waals surface area contributed by atoms with Crippen LogP contribution in [0.15, 0.2) is 36.4 Å². The number of allylic oxidation sites excluding steroid dienone is 2. The molecule has 1 aromatic carbocycles. The van der Waals surface area contributed by atoms with E-state index in [1.165, 1.54) is 56.4 Å². The number of likely N-dealkylation sites (tertiary alicyclic amines) is 1. The first-order chi connectivity index (χ1) is 12.6. The molecule has 4 atom stereocenters. The molecule has 1 aliphatic heterocycles. The van der Waals surface area contributed by atoms with Crippen molar-refractivity contribution in [2.24, 2.45) is 17.8 Å². The molecule has 0 aromatic heterocycles. The van der Waals surface area contributed by atoms with Gasteiger partial charge in [0.05, 0.1) is 6.04 Å². The van der Waals surface area contributed by atoms with Gasteiger partial charge in [-0.15, -0.1) is 0 Å². The maximum atomic E-state index is 11.7. The van der Waals surface area contributed by atoms with Crippen LogP contribution in [0.1, 0.15) is 57.6 Å². The van der Waals surface area contributed by atoms with E-state index in [0.717, 1.165) is 24.2 Å². The molecule has 2 bridgehead atoms. The van der Waals surface area contributed by atoms with Crippen LogP contribution < -0.4 is 5.32 Å². The number of hydrogen-bond donors (Lipinski definition) is 1. The van der Waals surface area contributed by atoms with Crippen molar-refractivity contribution in [1.29, 1.82) is 0 Å². The fraction of sp³-hybridized carbons (Fsp3) is 0.609. The van der Waals surface area contributed by atoms with Crippen LogP contribution in [-0.2, 0) is 10.2 Å². The van der Waals surface area contributed by atoms with Gasteiger partial charge in [-0.1, -0.05) is 36.4 Å². The molecule has 4 aliphatic rings. The number of piperidine rings is 1. The molecule has 1 heterocycles. The van der Waals surface area contributed by atoms with Crippen LogP contribution in [-0.4, -0.2) is 30.4 Å². The Bertz CT molecular complexity index is 738. The van der Waals surface area contributed by atoms with Crippen molar-refractivity contribution in [3.8, 4) is 0 Å². The van der Waals surface area contributed by atoms with Crippen LogP contribution in [0, 0.1) is 17.8 Å². The molecular formula is C23H32N2O. The fourth-order valence-corrected chi connectivity index (χ4v) is 6.34. The Kier molecular flexibility index (Phi) is 3.97. The van der Waals surface area contributed by atoms with Gasteiger partial charge < -0.3 is 10.2 Å². The number of benzene rings is 1. The number of hydrogen-bond acceptors (Lipinski definition) is 2. The number of nitrogens with one attached hydrogen (secondary N) is 1. The molecule has 1 N–H and O–H groups in total. The molecule has 1 saturated carbocycles. The Labute approximate surface area is 158 Å². The van der Waals surface area contributed by atoms with Crippen LogP contribution in [0.2, 0.25) is 0 Å². The van der Waals surface area contributed by atoms with E-state index in [0.29, 0.717) is 0 Å². The summed E-state index contributed by atoms with van der Waals surface area (Å²) in [6.07, 6.45) is 11.3. The molecule has 0 radical (unpaired) electrons. The predicted molar refractivity (Wildman–Crippen MR) is 106 cm³/mol. The van der Waals surface area contributed by atoms with Gasteiger partial charge in [-0.2, -0.15) is 0 Å². The van der Waals surface area contributed by atoms with Gasteiger partial charge in [0.15, 0.2) is 0 Å². The van der Waals surface area contributed by atoms with E-state index >= 15 is 0 Å². The van der Waals surface area contributed by atoms with E-state index in [-0.39, 0.29) is 18.8 Å². The molecule has 1 saturated heterocycles. The van der Waals surface area contributed by atoms with Crippen LogP contribution in [0.25, 0.3) is 0 Å². The molecule has 26 heavy (non-hydrogen) atoms. The van der Waals surface area contributed by atoms with Crippen molar-refractivity contribution in [3.63, 3.8) is 0 Å². The highest BCUT2D eigenvalue weighted by Crippen LogP contribution is 2.51. The number of fused-ring (bicyclic) bond motifs is 4. The topological polar surface area (TPSA) is 32.3 Å². The highest BCUT2D eigenvalue weighted by atomic mass is 16.1. The second kappa shape index (κ2) is 6.23. The normalized spacial score (nSPS) is 34.3. The first-order valence-electron chi connectivity index (χ1n) is 10.4. The van der Waals surface area contributed by atoms with Crippen molar-refractivity contribution in [2.75, 3.05) is 19.6 Å². The number of carbonyl (C=O) groups is 1.